The molecule has 0 saturated carbocycles. The number of nitrogens with zero attached hydrogens (tertiary/aromatic N) is 4. The summed E-state index contributed by atoms with van der Waals surface area (Å²) in [5.74, 6) is 0.677. The Morgan fingerprint density at radius 1 is 1.04 bits per heavy atom. The van der Waals surface area contributed by atoms with Gasteiger partial charge in [-0.25, -0.2) is 0 Å². The fourth-order valence-corrected chi connectivity index (χ4v) is 4.93. The smallest absolute Gasteiger partial charge is 0.226 e. The van der Waals surface area contributed by atoms with E-state index in [0.717, 1.165) is 45.7 Å². The highest BCUT2D eigenvalue weighted by Crippen LogP contribution is 2.26. The molecule has 3 aliphatic rings. The number of hydrogen-bond donors (Lipinski definition) is 0. The number of piperidine rings is 2. The Balaban J connectivity index is 1.26. The highest BCUT2D eigenvalue weighted by Gasteiger charge is 2.34. The van der Waals surface area contributed by atoms with Gasteiger partial charge >= 0.3 is 0 Å². The summed E-state index contributed by atoms with van der Waals surface area (Å²) < 4.78 is 0. The maximum Gasteiger partial charge on any atom is 0.226 e. The molecule has 0 unspecified atom stereocenters. The zero-order chi connectivity index (χ0) is 17.8. The van der Waals surface area contributed by atoms with Crippen molar-refractivity contribution in [2.75, 3.05) is 39.3 Å². The maximum atomic E-state index is 12.8. The van der Waals surface area contributed by atoms with Crippen molar-refractivity contribution in [1.29, 1.82) is 0 Å². The van der Waals surface area contributed by atoms with Crippen molar-refractivity contribution in [3.05, 3.63) is 30.1 Å². The van der Waals surface area contributed by atoms with Gasteiger partial charge in [0.25, 0.3) is 0 Å². The molecule has 1 atom stereocenters. The van der Waals surface area contributed by atoms with Crippen molar-refractivity contribution < 1.29 is 4.79 Å². The Kier molecular flexibility index (Phi) is 5.85. The molecule has 142 valence electrons. The van der Waals surface area contributed by atoms with Gasteiger partial charge in [0, 0.05) is 44.6 Å². The highest BCUT2D eigenvalue weighted by atomic mass is 16.2. The summed E-state index contributed by atoms with van der Waals surface area (Å²) in [5, 5.41) is 0. The summed E-state index contributed by atoms with van der Waals surface area (Å²) in [6, 6.07) is 4.85. The van der Waals surface area contributed by atoms with Gasteiger partial charge in [0.15, 0.2) is 0 Å². The van der Waals surface area contributed by atoms with Crippen LogP contribution in [0.2, 0.25) is 0 Å². The largest absolute Gasteiger partial charge is 0.342 e. The van der Waals surface area contributed by atoms with Gasteiger partial charge in [0.05, 0.1) is 5.92 Å². The van der Waals surface area contributed by atoms with Crippen molar-refractivity contribution in [1.82, 2.24) is 19.7 Å². The summed E-state index contributed by atoms with van der Waals surface area (Å²) in [6.07, 6.45) is 10.9. The Labute approximate surface area is 157 Å². The molecular formula is C21H32N4O. The number of carbonyl (C=O) groups excluding carboxylic acids is 1. The van der Waals surface area contributed by atoms with E-state index in [2.05, 4.69) is 25.8 Å². The number of likely N-dealkylation sites (tertiary alicyclic amines) is 3. The van der Waals surface area contributed by atoms with Gasteiger partial charge in [-0.3, -0.25) is 19.6 Å². The van der Waals surface area contributed by atoms with E-state index in [9.17, 15) is 4.79 Å². The summed E-state index contributed by atoms with van der Waals surface area (Å²) in [4.78, 5) is 24.3. The van der Waals surface area contributed by atoms with Gasteiger partial charge in [0.2, 0.25) is 5.91 Å². The average molecular weight is 357 g/mol. The van der Waals surface area contributed by atoms with Crippen molar-refractivity contribution in [2.45, 2.75) is 51.1 Å². The van der Waals surface area contributed by atoms with Crippen LogP contribution in [0.1, 0.15) is 44.1 Å². The molecule has 0 aromatic carbocycles. The van der Waals surface area contributed by atoms with Gasteiger partial charge in [-0.1, -0.05) is 6.07 Å². The van der Waals surface area contributed by atoms with E-state index in [1.54, 1.807) is 0 Å². The number of rotatable bonds is 4. The Hall–Kier alpha value is -1.46. The SMILES string of the molecule is O=C([C@H]1CCCN(C2CCN(Cc3cccnc3)CC2)C1)N1CCCC1. The van der Waals surface area contributed by atoms with Gasteiger partial charge in [-0.15, -0.1) is 0 Å². The maximum absolute atomic E-state index is 12.8. The third kappa shape index (κ3) is 4.26. The minimum Gasteiger partial charge on any atom is -0.342 e. The van der Waals surface area contributed by atoms with Crippen molar-refractivity contribution in [3.63, 3.8) is 0 Å². The molecule has 1 aromatic rings. The monoisotopic (exact) mass is 356 g/mol. The lowest BCUT2D eigenvalue weighted by atomic mass is 9.93. The van der Waals surface area contributed by atoms with Gasteiger partial charge in [-0.2, -0.15) is 0 Å². The lowest BCUT2D eigenvalue weighted by Gasteiger charge is -2.42. The van der Waals surface area contributed by atoms with Gasteiger partial charge in [-0.05, 0) is 69.8 Å². The lowest BCUT2D eigenvalue weighted by molar-refractivity contribution is -0.136. The Bertz CT molecular complexity index is 579. The molecule has 0 aliphatic carbocycles. The molecule has 3 saturated heterocycles. The second-order valence-corrected chi connectivity index (χ2v) is 8.24. The van der Waals surface area contributed by atoms with Crippen LogP contribution in [0.25, 0.3) is 0 Å². The van der Waals surface area contributed by atoms with E-state index >= 15 is 0 Å². The van der Waals surface area contributed by atoms with E-state index in [-0.39, 0.29) is 5.92 Å². The van der Waals surface area contributed by atoms with Crippen LogP contribution in [-0.4, -0.2) is 70.9 Å². The molecule has 0 radical (unpaired) electrons. The fraction of sp³-hybridized carbons (Fsp3) is 0.714. The summed E-state index contributed by atoms with van der Waals surface area (Å²) in [7, 11) is 0. The van der Waals surface area contributed by atoms with E-state index in [1.807, 2.05) is 18.5 Å². The molecule has 5 heteroatoms. The Morgan fingerprint density at radius 3 is 2.58 bits per heavy atom. The number of hydrogen-bond acceptors (Lipinski definition) is 4. The molecule has 0 spiro atoms. The minimum atomic E-state index is 0.246. The number of amides is 1. The number of carbonyl (C=O) groups is 1. The first-order chi connectivity index (χ1) is 12.8. The van der Waals surface area contributed by atoms with Crippen LogP contribution in [-0.2, 0) is 11.3 Å². The number of pyridine rings is 1. The third-order valence-electron chi connectivity index (χ3n) is 6.42. The van der Waals surface area contributed by atoms with Crippen LogP contribution in [0, 0.1) is 5.92 Å². The first kappa shape index (κ1) is 17.9. The zero-order valence-corrected chi connectivity index (χ0v) is 15.9. The van der Waals surface area contributed by atoms with E-state index < -0.39 is 0 Å². The summed E-state index contributed by atoms with van der Waals surface area (Å²) in [6.45, 7) is 7.46. The molecule has 4 heterocycles. The van der Waals surface area contributed by atoms with Crippen molar-refractivity contribution >= 4 is 5.91 Å². The molecule has 5 nitrogen and oxygen atoms in total. The van der Waals surface area contributed by atoms with Crippen LogP contribution in [0.15, 0.2) is 24.5 Å². The first-order valence-electron chi connectivity index (χ1n) is 10.4. The molecule has 0 bridgehead atoms. The zero-order valence-electron chi connectivity index (χ0n) is 15.9. The second-order valence-electron chi connectivity index (χ2n) is 8.24. The molecular weight excluding hydrogens is 324 g/mol. The Morgan fingerprint density at radius 2 is 1.85 bits per heavy atom. The summed E-state index contributed by atoms with van der Waals surface area (Å²) in [5.41, 5.74) is 1.31. The van der Waals surface area contributed by atoms with Crippen LogP contribution in [0.5, 0.6) is 0 Å². The van der Waals surface area contributed by atoms with Crippen molar-refractivity contribution in [3.8, 4) is 0 Å². The molecule has 1 amide bonds. The summed E-state index contributed by atoms with van der Waals surface area (Å²) >= 11 is 0. The molecule has 0 N–H and O–H groups in total. The quantitative estimate of drug-likeness (QED) is 0.830. The second kappa shape index (κ2) is 8.49. The standard InChI is InChI=1S/C21H32N4O/c26-21(24-10-1-2-11-24)19-6-4-12-25(17-19)20-7-13-23(14-8-20)16-18-5-3-9-22-15-18/h3,5,9,15,19-20H,1-2,4,6-8,10-14,16-17H2/t19-/m0/s1. The molecule has 4 rings (SSSR count). The number of aromatic nitrogens is 1. The molecule has 26 heavy (non-hydrogen) atoms. The molecule has 3 fully saturated rings. The first-order valence-corrected chi connectivity index (χ1v) is 10.4. The predicted molar refractivity (Wildman–Crippen MR) is 103 cm³/mol. The van der Waals surface area contributed by atoms with Crippen LogP contribution in [0.3, 0.4) is 0 Å². The van der Waals surface area contributed by atoms with Gasteiger partial charge in [0.1, 0.15) is 0 Å². The van der Waals surface area contributed by atoms with E-state index in [1.165, 1.54) is 44.2 Å². The van der Waals surface area contributed by atoms with Crippen LogP contribution >= 0.6 is 0 Å². The topological polar surface area (TPSA) is 39.7 Å². The highest BCUT2D eigenvalue weighted by molar-refractivity contribution is 5.79. The fourth-order valence-electron chi connectivity index (χ4n) is 4.93. The van der Waals surface area contributed by atoms with Crippen LogP contribution < -0.4 is 0 Å². The normalized spacial score (nSPS) is 26.3. The third-order valence-corrected chi connectivity index (χ3v) is 6.42. The lowest BCUT2D eigenvalue weighted by Crippen LogP contribution is -2.51. The van der Waals surface area contributed by atoms with Crippen LogP contribution in [0.4, 0.5) is 0 Å². The van der Waals surface area contributed by atoms with E-state index in [4.69, 9.17) is 0 Å². The van der Waals surface area contributed by atoms with Gasteiger partial charge < -0.3 is 4.90 Å². The molecule has 1 aromatic heterocycles. The predicted octanol–water partition coefficient (Wildman–Crippen LogP) is 2.38. The van der Waals surface area contributed by atoms with E-state index in [0.29, 0.717) is 11.9 Å². The molecule has 3 aliphatic heterocycles. The van der Waals surface area contributed by atoms with Crippen molar-refractivity contribution in [2.24, 2.45) is 5.92 Å². The average Bonchev–Trinajstić information content (AvgIpc) is 3.24. The minimum absolute atomic E-state index is 0.246.